The lowest BCUT2D eigenvalue weighted by Crippen LogP contribution is -2.42. The molecule has 1 saturated heterocycles. The van der Waals surface area contributed by atoms with Crippen molar-refractivity contribution in [3.05, 3.63) is 35.6 Å². The number of ether oxygens (including phenoxy) is 1. The molecule has 3 nitrogen and oxygen atoms in total. The Balaban J connectivity index is 1.57. The Kier molecular flexibility index (Phi) is 3.98. The molecule has 0 aromatic heterocycles. The fourth-order valence-electron chi connectivity index (χ4n) is 2.79. The number of amides is 1. The van der Waals surface area contributed by atoms with E-state index in [1.54, 1.807) is 12.1 Å². The summed E-state index contributed by atoms with van der Waals surface area (Å²) < 4.78 is 18.7. The zero-order valence-corrected chi connectivity index (χ0v) is 12.5. The van der Waals surface area contributed by atoms with Crippen LogP contribution in [0.15, 0.2) is 24.3 Å². The van der Waals surface area contributed by atoms with Gasteiger partial charge in [0.1, 0.15) is 11.9 Å². The number of hydrogen-bond acceptors (Lipinski definition) is 2. The molecular formula is C17H22FNO2. The highest BCUT2D eigenvalue weighted by molar-refractivity contribution is 5.76. The Morgan fingerprint density at radius 2 is 2.10 bits per heavy atom. The van der Waals surface area contributed by atoms with Crippen LogP contribution in [0.3, 0.4) is 0 Å². The van der Waals surface area contributed by atoms with Crippen LogP contribution < -0.4 is 0 Å². The average molecular weight is 291 g/mol. The van der Waals surface area contributed by atoms with E-state index < -0.39 is 0 Å². The molecule has 4 heteroatoms. The van der Waals surface area contributed by atoms with E-state index in [1.165, 1.54) is 25.0 Å². The Morgan fingerprint density at radius 3 is 2.76 bits per heavy atom. The van der Waals surface area contributed by atoms with Gasteiger partial charge >= 0.3 is 0 Å². The average Bonchev–Trinajstić information content (AvgIpc) is 3.24. The topological polar surface area (TPSA) is 29.5 Å². The van der Waals surface area contributed by atoms with Crippen LogP contribution in [-0.2, 0) is 9.53 Å². The Labute approximate surface area is 125 Å². The molecule has 1 amide bonds. The highest BCUT2D eigenvalue weighted by atomic mass is 19.1. The number of halogens is 1. The largest absolute Gasteiger partial charge is 0.370 e. The van der Waals surface area contributed by atoms with Crippen molar-refractivity contribution in [2.75, 3.05) is 19.7 Å². The van der Waals surface area contributed by atoms with Gasteiger partial charge in [-0.2, -0.15) is 0 Å². The van der Waals surface area contributed by atoms with Crippen molar-refractivity contribution in [1.82, 2.24) is 4.90 Å². The van der Waals surface area contributed by atoms with Crippen molar-refractivity contribution in [2.45, 2.75) is 38.7 Å². The number of morpholine rings is 1. The maximum Gasteiger partial charge on any atom is 0.222 e. The van der Waals surface area contributed by atoms with E-state index in [0.29, 0.717) is 31.5 Å². The Hall–Kier alpha value is -1.42. The van der Waals surface area contributed by atoms with Gasteiger partial charge in [-0.05, 0) is 42.4 Å². The first kappa shape index (κ1) is 14.5. The van der Waals surface area contributed by atoms with E-state index in [9.17, 15) is 9.18 Å². The zero-order valence-electron chi connectivity index (χ0n) is 12.5. The van der Waals surface area contributed by atoms with Crippen molar-refractivity contribution in [3.8, 4) is 0 Å². The van der Waals surface area contributed by atoms with Crippen molar-refractivity contribution in [2.24, 2.45) is 5.41 Å². The van der Waals surface area contributed by atoms with E-state index in [2.05, 4.69) is 6.92 Å². The first-order valence-corrected chi connectivity index (χ1v) is 7.71. The predicted octanol–water partition coefficient (Wildman–Crippen LogP) is 3.31. The number of hydrogen-bond donors (Lipinski definition) is 0. The van der Waals surface area contributed by atoms with Crippen LogP contribution >= 0.6 is 0 Å². The van der Waals surface area contributed by atoms with Crippen LogP contribution in [0.1, 0.15) is 44.3 Å². The van der Waals surface area contributed by atoms with Crippen molar-refractivity contribution in [3.63, 3.8) is 0 Å². The van der Waals surface area contributed by atoms with Gasteiger partial charge in [-0.25, -0.2) is 4.39 Å². The fraction of sp³-hybridized carbons (Fsp3) is 0.588. The zero-order chi connectivity index (χ0) is 14.9. The number of nitrogens with zero attached hydrogens (tertiary/aromatic N) is 1. The maximum absolute atomic E-state index is 13.0. The van der Waals surface area contributed by atoms with Gasteiger partial charge < -0.3 is 9.64 Å². The number of carbonyl (C=O) groups is 1. The molecule has 0 spiro atoms. The smallest absolute Gasteiger partial charge is 0.222 e. The number of rotatable bonds is 4. The van der Waals surface area contributed by atoms with Gasteiger partial charge in [0, 0.05) is 13.0 Å². The second-order valence-corrected chi connectivity index (χ2v) is 6.56. The summed E-state index contributed by atoms with van der Waals surface area (Å²) in [5.41, 5.74) is 1.35. The molecule has 1 unspecified atom stereocenters. The monoisotopic (exact) mass is 291 g/mol. The predicted molar refractivity (Wildman–Crippen MR) is 78.2 cm³/mol. The normalized spacial score (nSPS) is 23.9. The van der Waals surface area contributed by atoms with Gasteiger partial charge in [-0.15, -0.1) is 0 Å². The first-order chi connectivity index (χ1) is 10.1. The standard InChI is InChI=1S/C17H22FNO2/c1-17(8-9-17)7-6-16(20)19-10-11-21-15(12-19)13-2-4-14(18)5-3-13/h2-5,15H,6-12H2,1H3. The molecule has 0 bridgehead atoms. The second kappa shape index (κ2) is 5.76. The van der Waals surface area contributed by atoms with Gasteiger partial charge in [-0.1, -0.05) is 19.1 Å². The molecule has 1 aromatic rings. The van der Waals surface area contributed by atoms with Crippen LogP contribution in [0, 0.1) is 11.2 Å². The third kappa shape index (κ3) is 3.62. The van der Waals surface area contributed by atoms with Gasteiger partial charge in [0.2, 0.25) is 5.91 Å². The lowest BCUT2D eigenvalue weighted by atomic mass is 10.0. The molecule has 3 rings (SSSR count). The molecule has 1 aliphatic carbocycles. The molecule has 1 heterocycles. The summed E-state index contributed by atoms with van der Waals surface area (Å²) in [7, 11) is 0. The van der Waals surface area contributed by atoms with Crippen LogP contribution in [0.25, 0.3) is 0 Å². The number of carbonyl (C=O) groups excluding carboxylic acids is 1. The van der Waals surface area contributed by atoms with Crippen LogP contribution in [0.4, 0.5) is 4.39 Å². The lowest BCUT2D eigenvalue weighted by molar-refractivity contribution is -0.139. The molecule has 2 aliphatic rings. The molecule has 114 valence electrons. The quantitative estimate of drug-likeness (QED) is 0.852. The fourth-order valence-corrected chi connectivity index (χ4v) is 2.79. The van der Waals surface area contributed by atoms with E-state index in [4.69, 9.17) is 4.74 Å². The van der Waals surface area contributed by atoms with E-state index in [-0.39, 0.29) is 17.8 Å². The minimum atomic E-state index is -0.250. The van der Waals surface area contributed by atoms with Crippen molar-refractivity contribution < 1.29 is 13.9 Å². The van der Waals surface area contributed by atoms with Crippen LogP contribution in [0.5, 0.6) is 0 Å². The summed E-state index contributed by atoms with van der Waals surface area (Å²) >= 11 is 0. The van der Waals surface area contributed by atoms with Crippen molar-refractivity contribution >= 4 is 5.91 Å². The SMILES string of the molecule is CC1(CCC(=O)N2CCOC(c3ccc(F)cc3)C2)CC1. The highest BCUT2D eigenvalue weighted by Gasteiger charge is 2.37. The summed E-state index contributed by atoms with van der Waals surface area (Å²) in [4.78, 5) is 14.2. The summed E-state index contributed by atoms with van der Waals surface area (Å²) in [5, 5.41) is 0. The molecule has 0 radical (unpaired) electrons. The number of benzene rings is 1. The van der Waals surface area contributed by atoms with E-state index >= 15 is 0 Å². The molecule has 0 N–H and O–H groups in total. The van der Waals surface area contributed by atoms with E-state index in [1.807, 2.05) is 4.90 Å². The third-order valence-electron chi connectivity index (χ3n) is 4.71. The lowest BCUT2D eigenvalue weighted by Gasteiger charge is -2.33. The molecule has 21 heavy (non-hydrogen) atoms. The maximum atomic E-state index is 13.0. The summed E-state index contributed by atoms with van der Waals surface area (Å²) in [6.07, 6.45) is 3.99. The highest BCUT2D eigenvalue weighted by Crippen LogP contribution is 2.48. The van der Waals surface area contributed by atoms with Gasteiger partial charge in [0.05, 0.1) is 13.2 Å². The van der Waals surface area contributed by atoms with Gasteiger partial charge in [0.15, 0.2) is 0 Å². The molecule has 2 fully saturated rings. The summed E-state index contributed by atoms with van der Waals surface area (Å²) in [6.45, 7) is 4.03. The van der Waals surface area contributed by atoms with Gasteiger partial charge in [-0.3, -0.25) is 4.79 Å². The Morgan fingerprint density at radius 1 is 1.38 bits per heavy atom. The summed E-state index contributed by atoms with van der Waals surface area (Å²) in [6, 6.07) is 6.35. The molecule has 1 aromatic carbocycles. The van der Waals surface area contributed by atoms with E-state index in [0.717, 1.165) is 12.0 Å². The Bertz CT molecular complexity index is 510. The second-order valence-electron chi connectivity index (χ2n) is 6.56. The van der Waals surface area contributed by atoms with Crippen LogP contribution in [-0.4, -0.2) is 30.5 Å². The molecule has 1 atom stereocenters. The third-order valence-corrected chi connectivity index (χ3v) is 4.71. The minimum Gasteiger partial charge on any atom is -0.370 e. The first-order valence-electron chi connectivity index (χ1n) is 7.71. The summed E-state index contributed by atoms with van der Waals surface area (Å²) in [5.74, 6) is -0.0290. The van der Waals surface area contributed by atoms with Crippen LogP contribution in [0.2, 0.25) is 0 Å². The molecule has 1 saturated carbocycles. The van der Waals surface area contributed by atoms with Gasteiger partial charge in [0.25, 0.3) is 0 Å². The molecular weight excluding hydrogens is 269 g/mol. The molecule has 1 aliphatic heterocycles. The van der Waals surface area contributed by atoms with Crippen molar-refractivity contribution in [1.29, 1.82) is 0 Å². The minimum absolute atomic E-state index is 0.139.